The third-order valence-corrected chi connectivity index (χ3v) is 1.92. The molecular formula is C10H12N4O. The van der Waals surface area contributed by atoms with Gasteiger partial charge in [-0.3, -0.25) is 0 Å². The number of hydrogen-bond donors (Lipinski definition) is 1. The molecule has 0 fully saturated rings. The second-order valence-corrected chi connectivity index (χ2v) is 3.28. The molecule has 2 rings (SSSR count). The second-order valence-electron chi connectivity index (χ2n) is 3.28. The van der Waals surface area contributed by atoms with Gasteiger partial charge in [-0.25, -0.2) is 9.97 Å². The summed E-state index contributed by atoms with van der Waals surface area (Å²) in [4.78, 5) is 7.86. The van der Waals surface area contributed by atoms with Crippen LogP contribution < -0.4 is 5.32 Å². The molecule has 5 heteroatoms. The Bertz CT molecular complexity index is 412. The normalized spacial score (nSPS) is 10.5. The minimum absolute atomic E-state index is 0.662. The van der Waals surface area contributed by atoms with E-state index < -0.39 is 0 Å². The minimum atomic E-state index is 0.662. The number of nitrogens with one attached hydrogen (secondary N) is 1. The summed E-state index contributed by atoms with van der Waals surface area (Å²) in [5, 5.41) is 7.02. The first-order chi connectivity index (χ1) is 7.34. The highest BCUT2D eigenvalue weighted by Gasteiger charge is 1.99. The molecule has 0 aliphatic heterocycles. The summed E-state index contributed by atoms with van der Waals surface area (Å²) in [6, 6.07) is 1.91. The molecule has 0 radical (unpaired) electrons. The van der Waals surface area contributed by atoms with Gasteiger partial charge in [0.2, 0.25) is 0 Å². The molecule has 2 aromatic rings. The molecule has 15 heavy (non-hydrogen) atoms. The average molecular weight is 204 g/mol. The number of nitrogens with zero attached hydrogens (tertiary/aromatic N) is 3. The van der Waals surface area contributed by atoms with E-state index in [1.54, 1.807) is 12.4 Å². The largest absolute Gasteiger partial charge is 0.360 e. The van der Waals surface area contributed by atoms with Crippen molar-refractivity contribution >= 4 is 0 Å². The zero-order valence-corrected chi connectivity index (χ0v) is 8.47. The smallest absolute Gasteiger partial charge is 0.150 e. The van der Waals surface area contributed by atoms with Gasteiger partial charge in [0.05, 0.1) is 12.2 Å². The molecule has 2 heterocycles. The van der Waals surface area contributed by atoms with Crippen molar-refractivity contribution in [1.29, 1.82) is 0 Å². The van der Waals surface area contributed by atoms with Gasteiger partial charge in [0.15, 0.2) is 5.76 Å². The van der Waals surface area contributed by atoms with Gasteiger partial charge in [0.1, 0.15) is 6.33 Å². The van der Waals surface area contributed by atoms with Crippen molar-refractivity contribution in [3.63, 3.8) is 0 Å². The maximum atomic E-state index is 5.06. The molecule has 78 valence electrons. The lowest BCUT2D eigenvalue weighted by atomic mass is 10.3. The van der Waals surface area contributed by atoms with Gasteiger partial charge >= 0.3 is 0 Å². The van der Waals surface area contributed by atoms with Crippen LogP contribution in [0.15, 0.2) is 29.3 Å². The summed E-state index contributed by atoms with van der Waals surface area (Å²) in [6.07, 6.45) is 5.08. The Morgan fingerprint density at radius 1 is 1.27 bits per heavy atom. The number of aryl methyl sites for hydroxylation is 1. The lowest BCUT2D eigenvalue weighted by molar-refractivity contribution is 0.369. The summed E-state index contributed by atoms with van der Waals surface area (Å²) in [6.45, 7) is 3.29. The van der Waals surface area contributed by atoms with Crippen molar-refractivity contribution in [2.24, 2.45) is 0 Å². The summed E-state index contributed by atoms with van der Waals surface area (Å²) >= 11 is 0. The lowest BCUT2D eigenvalue weighted by Gasteiger charge is -2.00. The van der Waals surface area contributed by atoms with Crippen LogP contribution in [0.4, 0.5) is 0 Å². The maximum absolute atomic E-state index is 5.06. The highest BCUT2D eigenvalue weighted by molar-refractivity contribution is 5.04. The highest BCUT2D eigenvalue weighted by atomic mass is 16.5. The van der Waals surface area contributed by atoms with E-state index in [-0.39, 0.29) is 0 Å². The van der Waals surface area contributed by atoms with Crippen LogP contribution in [0.5, 0.6) is 0 Å². The van der Waals surface area contributed by atoms with Crippen molar-refractivity contribution in [2.45, 2.75) is 20.0 Å². The maximum Gasteiger partial charge on any atom is 0.150 e. The molecule has 0 unspecified atom stereocenters. The Hall–Kier alpha value is -1.75. The van der Waals surface area contributed by atoms with Gasteiger partial charge in [-0.1, -0.05) is 5.16 Å². The van der Waals surface area contributed by atoms with Crippen molar-refractivity contribution in [1.82, 2.24) is 20.4 Å². The van der Waals surface area contributed by atoms with Crippen molar-refractivity contribution in [2.75, 3.05) is 0 Å². The summed E-state index contributed by atoms with van der Waals surface area (Å²) < 4.78 is 5.06. The van der Waals surface area contributed by atoms with Crippen LogP contribution in [0.25, 0.3) is 0 Å². The van der Waals surface area contributed by atoms with Gasteiger partial charge in [-0.2, -0.15) is 0 Å². The fourth-order valence-electron chi connectivity index (χ4n) is 1.25. The van der Waals surface area contributed by atoms with Crippen LogP contribution in [0.1, 0.15) is 17.0 Å². The molecule has 0 aromatic carbocycles. The van der Waals surface area contributed by atoms with Gasteiger partial charge < -0.3 is 9.84 Å². The first kappa shape index (κ1) is 9.79. The van der Waals surface area contributed by atoms with Crippen LogP contribution in [0.2, 0.25) is 0 Å². The van der Waals surface area contributed by atoms with Crippen molar-refractivity contribution in [3.05, 3.63) is 41.8 Å². The molecule has 2 aromatic heterocycles. The minimum Gasteiger partial charge on any atom is -0.360 e. The fourth-order valence-corrected chi connectivity index (χ4v) is 1.25. The predicted molar refractivity (Wildman–Crippen MR) is 53.8 cm³/mol. The molecular weight excluding hydrogens is 192 g/mol. The first-order valence-corrected chi connectivity index (χ1v) is 4.71. The molecule has 0 aliphatic carbocycles. The molecule has 0 amide bonds. The summed E-state index contributed by atoms with van der Waals surface area (Å²) in [5.41, 5.74) is 1.95. The second kappa shape index (κ2) is 4.65. The molecule has 0 saturated carbocycles. The fraction of sp³-hybridized carbons (Fsp3) is 0.300. The van der Waals surface area contributed by atoms with Crippen molar-refractivity contribution in [3.8, 4) is 0 Å². The van der Waals surface area contributed by atoms with Crippen LogP contribution in [-0.4, -0.2) is 15.1 Å². The van der Waals surface area contributed by atoms with Crippen LogP contribution in [0, 0.1) is 6.92 Å². The molecule has 0 bridgehead atoms. The number of aromatic nitrogens is 3. The molecule has 0 atom stereocenters. The van der Waals surface area contributed by atoms with Crippen molar-refractivity contribution < 1.29 is 4.52 Å². The zero-order valence-electron chi connectivity index (χ0n) is 8.47. The first-order valence-electron chi connectivity index (χ1n) is 4.71. The van der Waals surface area contributed by atoms with Gasteiger partial charge in [0.25, 0.3) is 0 Å². The Morgan fingerprint density at radius 2 is 2.07 bits per heavy atom. The molecule has 0 spiro atoms. The van der Waals surface area contributed by atoms with Gasteiger partial charge in [0, 0.05) is 30.6 Å². The standard InChI is InChI=1S/C10H12N4O/c1-8-2-10(15-14-8)6-11-3-9-4-12-7-13-5-9/h2,4-5,7,11H,3,6H2,1H3. The Kier molecular flexibility index (Phi) is 3.04. The molecule has 5 nitrogen and oxygen atoms in total. The zero-order chi connectivity index (χ0) is 10.5. The van der Waals surface area contributed by atoms with Gasteiger partial charge in [-0.05, 0) is 6.92 Å². The number of rotatable bonds is 4. The number of hydrogen-bond acceptors (Lipinski definition) is 5. The molecule has 1 N–H and O–H groups in total. The quantitative estimate of drug-likeness (QED) is 0.806. The van der Waals surface area contributed by atoms with Crippen LogP contribution >= 0.6 is 0 Å². The van der Waals surface area contributed by atoms with Crippen LogP contribution in [-0.2, 0) is 13.1 Å². The van der Waals surface area contributed by atoms with E-state index in [9.17, 15) is 0 Å². The summed E-state index contributed by atoms with van der Waals surface area (Å²) in [5.74, 6) is 0.837. The van der Waals surface area contributed by atoms with E-state index in [4.69, 9.17) is 4.52 Å². The predicted octanol–water partition coefficient (Wildman–Crippen LogP) is 1.06. The van der Waals surface area contributed by atoms with E-state index in [1.165, 1.54) is 6.33 Å². The average Bonchev–Trinajstić information content (AvgIpc) is 2.66. The Balaban J connectivity index is 1.80. The monoisotopic (exact) mass is 204 g/mol. The third kappa shape index (κ3) is 2.85. The summed E-state index contributed by atoms with van der Waals surface area (Å²) in [7, 11) is 0. The molecule has 0 aliphatic rings. The van der Waals surface area contributed by atoms with E-state index in [0.29, 0.717) is 6.54 Å². The van der Waals surface area contributed by atoms with Gasteiger partial charge in [-0.15, -0.1) is 0 Å². The lowest BCUT2D eigenvalue weighted by Crippen LogP contribution is -2.12. The van der Waals surface area contributed by atoms with Crippen LogP contribution in [0.3, 0.4) is 0 Å². The Morgan fingerprint density at radius 3 is 2.73 bits per heavy atom. The highest BCUT2D eigenvalue weighted by Crippen LogP contribution is 2.01. The topological polar surface area (TPSA) is 63.8 Å². The van der Waals surface area contributed by atoms with E-state index in [2.05, 4.69) is 20.4 Å². The van der Waals surface area contributed by atoms with E-state index in [1.807, 2.05) is 13.0 Å². The van der Waals surface area contributed by atoms with E-state index >= 15 is 0 Å². The van der Waals surface area contributed by atoms with E-state index in [0.717, 1.165) is 23.6 Å². The molecule has 0 saturated heterocycles. The third-order valence-electron chi connectivity index (χ3n) is 1.92. The Labute approximate surface area is 87.5 Å². The SMILES string of the molecule is Cc1cc(CNCc2cncnc2)on1.